The second-order valence-corrected chi connectivity index (χ2v) is 8.38. The Labute approximate surface area is 155 Å². The van der Waals surface area contributed by atoms with E-state index in [4.69, 9.17) is 0 Å². The molecule has 1 heterocycles. The summed E-state index contributed by atoms with van der Waals surface area (Å²) < 4.78 is 3.04. The molecule has 0 bridgehead atoms. The van der Waals surface area contributed by atoms with Crippen molar-refractivity contribution in [2.75, 3.05) is 11.1 Å². The van der Waals surface area contributed by atoms with Crippen molar-refractivity contribution >= 4 is 39.4 Å². The zero-order chi connectivity index (χ0) is 17.3. The van der Waals surface area contributed by atoms with Crippen LogP contribution in [0.1, 0.15) is 29.5 Å². The molecule has 0 unspecified atom stereocenters. The summed E-state index contributed by atoms with van der Waals surface area (Å²) in [5, 5.41) is 7.43. The Kier molecular flexibility index (Phi) is 5.35. The summed E-state index contributed by atoms with van der Waals surface area (Å²) in [4.78, 5) is 13.5. The third kappa shape index (κ3) is 4.22. The second-order valence-electron chi connectivity index (χ2n) is 6.51. The van der Waals surface area contributed by atoms with Gasteiger partial charge in [0.05, 0.1) is 11.9 Å². The molecule has 2 aromatic rings. The highest BCUT2D eigenvalue weighted by Crippen LogP contribution is 2.32. The Balaban J connectivity index is 1.62. The number of aryl methyl sites for hydroxylation is 3. The van der Waals surface area contributed by atoms with Crippen LogP contribution in [0.4, 0.5) is 5.82 Å². The van der Waals surface area contributed by atoms with Crippen LogP contribution in [0.3, 0.4) is 0 Å². The van der Waals surface area contributed by atoms with Crippen molar-refractivity contribution in [1.29, 1.82) is 0 Å². The van der Waals surface area contributed by atoms with Crippen LogP contribution in [-0.2, 0) is 11.3 Å². The molecule has 6 heteroatoms. The zero-order valence-corrected chi connectivity index (χ0v) is 16.6. The molecule has 4 nitrogen and oxygen atoms in total. The number of nitrogens with one attached hydrogen (secondary N) is 1. The summed E-state index contributed by atoms with van der Waals surface area (Å²) in [6.45, 7) is 7.02. The summed E-state index contributed by atoms with van der Waals surface area (Å²) in [5.74, 6) is 1.98. The average Bonchev–Trinajstić information content (AvgIpc) is 3.29. The van der Waals surface area contributed by atoms with Gasteiger partial charge in [-0.2, -0.15) is 5.10 Å². The van der Waals surface area contributed by atoms with E-state index in [1.165, 1.54) is 24.0 Å². The lowest BCUT2D eigenvalue weighted by molar-refractivity contribution is -0.113. The van der Waals surface area contributed by atoms with Gasteiger partial charge in [0.2, 0.25) is 5.91 Å². The van der Waals surface area contributed by atoms with Crippen molar-refractivity contribution in [1.82, 2.24) is 9.78 Å². The number of anilines is 1. The van der Waals surface area contributed by atoms with Crippen molar-refractivity contribution in [3.63, 3.8) is 0 Å². The van der Waals surface area contributed by atoms with Gasteiger partial charge in [0.1, 0.15) is 5.82 Å². The van der Waals surface area contributed by atoms with Gasteiger partial charge in [-0.05, 0) is 62.8 Å². The first-order valence-electron chi connectivity index (χ1n) is 8.16. The minimum atomic E-state index is 0.0145. The lowest BCUT2D eigenvalue weighted by Crippen LogP contribution is -2.18. The molecule has 1 aromatic heterocycles. The Bertz CT molecular complexity index is 768. The first-order valence-corrected chi connectivity index (χ1v) is 9.93. The smallest absolute Gasteiger partial charge is 0.235 e. The third-order valence-electron chi connectivity index (χ3n) is 4.22. The van der Waals surface area contributed by atoms with Gasteiger partial charge in [0.25, 0.3) is 0 Å². The maximum Gasteiger partial charge on any atom is 0.235 e. The molecular weight excluding hydrogens is 386 g/mol. The van der Waals surface area contributed by atoms with E-state index >= 15 is 0 Å². The monoisotopic (exact) mass is 407 g/mol. The highest BCUT2D eigenvalue weighted by molar-refractivity contribution is 9.10. The standard InChI is InChI=1S/C18H22BrN3OS/c1-11-7-16(12(2)6-15(11)19)24-10-17(23)21-18-13(3)8-20-22(18)9-14-4-5-14/h6-8,14H,4-5,9-10H2,1-3H3,(H,21,23). The van der Waals surface area contributed by atoms with Gasteiger partial charge >= 0.3 is 0 Å². The van der Waals surface area contributed by atoms with E-state index < -0.39 is 0 Å². The molecule has 1 amide bonds. The van der Waals surface area contributed by atoms with Crippen LogP contribution >= 0.6 is 27.7 Å². The highest BCUT2D eigenvalue weighted by Gasteiger charge is 2.24. The minimum absolute atomic E-state index is 0.0145. The number of amides is 1. The minimum Gasteiger partial charge on any atom is -0.310 e. The molecule has 1 aliphatic rings. The van der Waals surface area contributed by atoms with Gasteiger partial charge in [-0.3, -0.25) is 4.79 Å². The Morgan fingerprint density at radius 1 is 1.29 bits per heavy atom. The lowest BCUT2D eigenvalue weighted by Gasteiger charge is -2.11. The van der Waals surface area contributed by atoms with Crippen molar-refractivity contribution in [2.45, 2.75) is 45.1 Å². The molecule has 24 heavy (non-hydrogen) atoms. The molecule has 1 aliphatic carbocycles. The van der Waals surface area contributed by atoms with E-state index in [1.54, 1.807) is 11.8 Å². The summed E-state index contributed by atoms with van der Waals surface area (Å²) in [5.41, 5.74) is 3.38. The second kappa shape index (κ2) is 7.31. The van der Waals surface area contributed by atoms with Gasteiger partial charge in [-0.25, -0.2) is 4.68 Å². The van der Waals surface area contributed by atoms with Gasteiger partial charge in [0.15, 0.2) is 0 Å². The molecule has 0 aliphatic heterocycles. The number of hydrogen-bond acceptors (Lipinski definition) is 3. The van der Waals surface area contributed by atoms with Crippen LogP contribution in [0, 0.1) is 26.7 Å². The van der Waals surface area contributed by atoms with E-state index in [-0.39, 0.29) is 5.91 Å². The van der Waals surface area contributed by atoms with Gasteiger partial charge in [-0.15, -0.1) is 11.8 Å². The van der Waals surface area contributed by atoms with Gasteiger partial charge in [-0.1, -0.05) is 15.9 Å². The largest absolute Gasteiger partial charge is 0.310 e. The number of rotatable bonds is 6. The Morgan fingerprint density at radius 2 is 2.04 bits per heavy atom. The SMILES string of the molecule is Cc1cc(SCC(=O)Nc2c(C)cnn2CC2CC2)c(C)cc1Br. The summed E-state index contributed by atoms with van der Waals surface area (Å²) in [6.07, 6.45) is 4.36. The van der Waals surface area contributed by atoms with E-state index in [9.17, 15) is 4.79 Å². The molecule has 0 radical (unpaired) electrons. The summed E-state index contributed by atoms with van der Waals surface area (Å²) in [6, 6.07) is 4.23. The van der Waals surface area contributed by atoms with Crippen LogP contribution in [0.15, 0.2) is 27.7 Å². The molecule has 1 aromatic carbocycles. The molecule has 1 fully saturated rings. The Morgan fingerprint density at radius 3 is 2.75 bits per heavy atom. The maximum absolute atomic E-state index is 12.4. The molecule has 128 valence electrons. The maximum atomic E-state index is 12.4. The predicted molar refractivity (Wildman–Crippen MR) is 103 cm³/mol. The number of aromatic nitrogens is 2. The molecule has 1 N–H and O–H groups in total. The molecule has 1 saturated carbocycles. The fraction of sp³-hybridized carbons (Fsp3) is 0.444. The van der Waals surface area contributed by atoms with Crippen molar-refractivity contribution < 1.29 is 4.79 Å². The molecule has 0 saturated heterocycles. The van der Waals surface area contributed by atoms with Crippen LogP contribution in [0.25, 0.3) is 0 Å². The number of thioether (sulfide) groups is 1. The highest BCUT2D eigenvalue weighted by atomic mass is 79.9. The van der Waals surface area contributed by atoms with Crippen LogP contribution in [-0.4, -0.2) is 21.4 Å². The normalized spacial score (nSPS) is 14.0. The number of benzene rings is 1. The summed E-state index contributed by atoms with van der Waals surface area (Å²) >= 11 is 5.12. The van der Waals surface area contributed by atoms with Gasteiger partial charge in [0, 0.05) is 21.5 Å². The summed E-state index contributed by atoms with van der Waals surface area (Å²) in [7, 11) is 0. The number of nitrogens with zero attached hydrogens (tertiary/aromatic N) is 2. The first-order chi connectivity index (χ1) is 11.4. The number of halogens is 1. The fourth-order valence-corrected chi connectivity index (χ4v) is 3.91. The van der Waals surface area contributed by atoms with Crippen molar-refractivity contribution in [3.8, 4) is 0 Å². The first kappa shape index (κ1) is 17.5. The van der Waals surface area contributed by atoms with Crippen LogP contribution in [0.2, 0.25) is 0 Å². The fourth-order valence-electron chi connectivity index (χ4n) is 2.55. The molecule has 0 atom stereocenters. The predicted octanol–water partition coefficient (Wildman–Crippen LogP) is 4.71. The van der Waals surface area contributed by atoms with E-state index in [1.807, 2.05) is 17.8 Å². The van der Waals surface area contributed by atoms with E-state index in [0.717, 1.165) is 33.2 Å². The molecular formula is C18H22BrN3OS. The van der Waals surface area contributed by atoms with E-state index in [2.05, 4.69) is 52.3 Å². The number of carbonyl (C=O) groups excluding carboxylic acids is 1. The average molecular weight is 408 g/mol. The van der Waals surface area contributed by atoms with Crippen LogP contribution < -0.4 is 5.32 Å². The van der Waals surface area contributed by atoms with Crippen LogP contribution in [0.5, 0.6) is 0 Å². The number of hydrogen-bond donors (Lipinski definition) is 1. The lowest BCUT2D eigenvalue weighted by atomic mass is 10.2. The molecule has 0 spiro atoms. The Hall–Kier alpha value is -1.27. The van der Waals surface area contributed by atoms with Crippen molar-refractivity contribution in [3.05, 3.63) is 39.5 Å². The van der Waals surface area contributed by atoms with E-state index in [0.29, 0.717) is 5.75 Å². The zero-order valence-electron chi connectivity index (χ0n) is 14.2. The quantitative estimate of drug-likeness (QED) is 0.705. The van der Waals surface area contributed by atoms with Gasteiger partial charge < -0.3 is 5.32 Å². The topological polar surface area (TPSA) is 46.9 Å². The third-order valence-corrected chi connectivity index (χ3v) is 6.23. The molecule has 3 rings (SSSR count). The number of carbonyl (C=O) groups is 1. The van der Waals surface area contributed by atoms with Crippen molar-refractivity contribution in [2.24, 2.45) is 5.92 Å².